The van der Waals surface area contributed by atoms with Gasteiger partial charge in [-0.25, -0.2) is 17.8 Å². The minimum Gasteiger partial charge on any atom is -0.497 e. The van der Waals surface area contributed by atoms with Gasteiger partial charge < -0.3 is 29.7 Å². The smallest absolute Gasteiger partial charge is 0.259 e. The van der Waals surface area contributed by atoms with Crippen LogP contribution >= 0.6 is 0 Å². The molecule has 7 rings (SSSR count). The van der Waals surface area contributed by atoms with E-state index in [0.717, 1.165) is 5.56 Å². The molecule has 0 spiro atoms. The molecular formula is C44H48FN5O9S. The summed E-state index contributed by atoms with van der Waals surface area (Å²) < 4.78 is 58.9. The number of halogens is 1. The van der Waals surface area contributed by atoms with Crippen LogP contribution in [0.15, 0.2) is 91.5 Å². The molecule has 60 heavy (non-hydrogen) atoms. The standard InChI is InChI=1S/C44H48FN5O9S/c1-6-27-23-44(27,42(54)49-60(55,56)32-17-18-32)48-40(52)36-21-31(59-37-22-34(26-10-8-7-9-11-26)46-35-20-30(57-5)16-19-33(35)37)24-50(36)41(53)39(43(2,3)4)47-38(51)25-58-29-14-12-28(45)13-15-29/h6-16,19-20,22,27,31-32,36,39H,1,17-18,21,23-25H2,2-5H3,(H,47,51)(H,48,52)(H,49,54). The van der Waals surface area contributed by atoms with Gasteiger partial charge in [-0.2, -0.15) is 0 Å². The zero-order chi connectivity index (χ0) is 43.0. The number of aromatic nitrogens is 1. The van der Waals surface area contributed by atoms with Crippen LogP contribution in [-0.4, -0.2) is 91.2 Å². The lowest BCUT2D eigenvalue weighted by atomic mass is 9.85. The van der Waals surface area contributed by atoms with Gasteiger partial charge >= 0.3 is 0 Å². The van der Waals surface area contributed by atoms with E-state index in [1.165, 1.54) is 35.2 Å². The summed E-state index contributed by atoms with van der Waals surface area (Å²) in [4.78, 5) is 62.4. The van der Waals surface area contributed by atoms with Crippen molar-refractivity contribution in [1.29, 1.82) is 0 Å². The second-order valence-electron chi connectivity index (χ2n) is 16.5. The van der Waals surface area contributed by atoms with E-state index in [9.17, 15) is 32.0 Å². The topological polar surface area (TPSA) is 182 Å². The summed E-state index contributed by atoms with van der Waals surface area (Å²) in [6.45, 7) is 8.50. The lowest BCUT2D eigenvalue weighted by Crippen LogP contribution is -2.60. The van der Waals surface area contributed by atoms with Crippen LogP contribution in [0, 0.1) is 17.2 Å². The zero-order valence-corrected chi connectivity index (χ0v) is 34.6. The summed E-state index contributed by atoms with van der Waals surface area (Å²) in [5.74, 6) is -2.56. The Morgan fingerprint density at radius 2 is 1.72 bits per heavy atom. The predicted molar refractivity (Wildman–Crippen MR) is 221 cm³/mol. The van der Waals surface area contributed by atoms with Crippen LogP contribution in [-0.2, 0) is 29.2 Å². The summed E-state index contributed by atoms with van der Waals surface area (Å²) in [5.41, 5.74) is -0.454. The summed E-state index contributed by atoms with van der Waals surface area (Å²) in [7, 11) is -2.39. The molecule has 2 aliphatic carbocycles. The number of hydrogen-bond donors (Lipinski definition) is 3. The second kappa shape index (κ2) is 16.6. The van der Waals surface area contributed by atoms with Crippen LogP contribution in [0.4, 0.5) is 4.39 Å². The molecule has 0 radical (unpaired) electrons. The minimum absolute atomic E-state index is 0.0203. The maximum atomic E-state index is 14.8. The lowest BCUT2D eigenvalue weighted by molar-refractivity contribution is -0.144. The van der Waals surface area contributed by atoms with E-state index < -0.39 is 86.4 Å². The van der Waals surface area contributed by atoms with Crippen LogP contribution in [0.2, 0.25) is 0 Å². The number of carbonyl (C=O) groups excluding carboxylic acids is 4. The van der Waals surface area contributed by atoms with Crippen molar-refractivity contribution in [2.75, 3.05) is 20.3 Å². The van der Waals surface area contributed by atoms with Gasteiger partial charge in [0.25, 0.3) is 11.8 Å². The Hall–Kier alpha value is -6.03. The van der Waals surface area contributed by atoms with Gasteiger partial charge in [-0.15, -0.1) is 6.58 Å². The molecule has 0 bridgehead atoms. The molecule has 4 aromatic rings. The minimum atomic E-state index is -3.94. The summed E-state index contributed by atoms with van der Waals surface area (Å²) >= 11 is 0. The fourth-order valence-electron chi connectivity index (χ4n) is 7.43. The highest BCUT2D eigenvalue weighted by molar-refractivity contribution is 7.91. The molecule has 2 saturated carbocycles. The monoisotopic (exact) mass is 841 g/mol. The fourth-order valence-corrected chi connectivity index (χ4v) is 8.79. The van der Waals surface area contributed by atoms with Crippen molar-refractivity contribution in [2.24, 2.45) is 11.3 Å². The van der Waals surface area contributed by atoms with E-state index in [-0.39, 0.29) is 25.1 Å². The molecule has 316 valence electrons. The van der Waals surface area contributed by atoms with Crippen molar-refractivity contribution in [2.45, 2.75) is 75.4 Å². The number of methoxy groups -OCH3 is 1. The third-order valence-corrected chi connectivity index (χ3v) is 12.9. The van der Waals surface area contributed by atoms with Crippen molar-refractivity contribution in [3.8, 4) is 28.5 Å². The first-order valence-electron chi connectivity index (χ1n) is 19.7. The molecule has 1 saturated heterocycles. The van der Waals surface area contributed by atoms with Gasteiger partial charge in [0.05, 0.1) is 30.1 Å². The van der Waals surface area contributed by atoms with Crippen LogP contribution < -0.4 is 29.6 Å². The Morgan fingerprint density at radius 3 is 2.35 bits per heavy atom. The Bertz CT molecular complexity index is 2420. The van der Waals surface area contributed by atoms with Crippen molar-refractivity contribution < 1.29 is 46.2 Å². The molecule has 3 N–H and O–H groups in total. The number of nitrogens with one attached hydrogen (secondary N) is 3. The zero-order valence-electron chi connectivity index (χ0n) is 33.8. The number of hydrogen-bond acceptors (Lipinski definition) is 10. The number of sulfonamides is 1. The molecule has 3 aliphatic rings. The van der Waals surface area contributed by atoms with Crippen LogP contribution in [0.25, 0.3) is 22.2 Å². The van der Waals surface area contributed by atoms with Crippen molar-refractivity contribution >= 4 is 44.6 Å². The SMILES string of the molecule is C=CC1CC1(NC(=O)C1CC(Oc2cc(-c3ccccc3)nc3cc(OC)ccc23)CN1C(=O)C(NC(=O)COc1ccc(F)cc1)C(C)(C)C)C(=O)NS(=O)(=O)C1CC1. The fraction of sp³-hybridized carbons (Fsp3) is 0.386. The molecule has 3 aromatic carbocycles. The molecule has 4 amide bonds. The number of pyridine rings is 1. The van der Waals surface area contributed by atoms with E-state index in [2.05, 4.69) is 21.9 Å². The molecule has 14 nitrogen and oxygen atoms in total. The third kappa shape index (κ3) is 9.08. The van der Waals surface area contributed by atoms with Gasteiger partial charge in [0.1, 0.15) is 46.8 Å². The van der Waals surface area contributed by atoms with E-state index in [1.54, 1.807) is 46.1 Å². The number of fused-ring (bicyclic) bond motifs is 1. The van der Waals surface area contributed by atoms with Crippen molar-refractivity contribution in [1.82, 2.24) is 25.2 Å². The largest absolute Gasteiger partial charge is 0.497 e. The Labute approximate surface area is 347 Å². The number of amides is 4. The maximum absolute atomic E-state index is 14.8. The average Bonchev–Trinajstić information content (AvgIpc) is 4.16. The number of nitrogens with zero attached hydrogens (tertiary/aromatic N) is 2. The highest BCUT2D eigenvalue weighted by Gasteiger charge is 2.62. The molecule has 1 aliphatic heterocycles. The number of rotatable bonds is 15. The van der Waals surface area contributed by atoms with Gasteiger partial charge in [0, 0.05) is 35.4 Å². The Morgan fingerprint density at radius 1 is 1.02 bits per heavy atom. The van der Waals surface area contributed by atoms with E-state index in [4.69, 9.17) is 19.2 Å². The highest BCUT2D eigenvalue weighted by atomic mass is 32.2. The second-order valence-corrected chi connectivity index (χ2v) is 18.5. The normalized spacial score (nSPS) is 21.7. The number of carbonyl (C=O) groups is 4. The summed E-state index contributed by atoms with van der Waals surface area (Å²) in [6, 6.07) is 19.4. The van der Waals surface area contributed by atoms with Crippen molar-refractivity contribution in [3.05, 3.63) is 97.3 Å². The van der Waals surface area contributed by atoms with E-state index in [0.29, 0.717) is 40.9 Å². The van der Waals surface area contributed by atoms with Gasteiger partial charge in [0.15, 0.2) is 6.61 Å². The molecular weight excluding hydrogens is 794 g/mol. The molecule has 5 unspecified atom stereocenters. The third-order valence-electron chi connectivity index (χ3n) is 11.0. The highest BCUT2D eigenvalue weighted by Crippen LogP contribution is 2.46. The summed E-state index contributed by atoms with van der Waals surface area (Å²) in [5, 5.41) is 5.55. The van der Waals surface area contributed by atoms with Crippen LogP contribution in [0.3, 0.4) is 0 Å². The number of ether oxygens (including phenoxy) is 3. The molecule has 2 heterocycles. The number of benzene rings is 3. The lowest BCUT2D eigenvalue weighted by Gasteiger charge is -2.35. The first-order chi connectivity index (χ1) is 28.5. The van der Waals surface area contributed by atoms with Gasteiger partial charge in [-0.05, 0) is 61.1 Å². The van der Waals surface area contributed by atoms with Gasteiger partial charge in [-0.1, -0.05) is 57.2 Å². The maximum Gasteiger partial charge on any atom is 0.259 e. The van der Waals surface area contributed by atoms with E-state index in [1.807, 2.05) is 36.4 Å². The predicted octanol–water partition coefficient (Wildman–Crippen LogP) is 4.68. The molecule has 5 atom stereocenters. The van der Waals surface area contributed by atoms with Gasteiger partial charge in [0.2, 0.25) is 21.8 Å². The number of likely N-dealkylation sites (tertiary alicyclic amines) is 1. The Balaban J connectivity index is 1.19. The first kappa shape index (κ1) is 42.1. The summed E-state index contributed by atoms with van der Waals surface area (Å²) in [6.07, 6.45) is 1.68. The molecule has 1 aromatic heterocycles. The van der Waals surface area contributed by atoms with Crippen LogP contribution in [0.1, 0.15) is 46.5 Å². The van der Waals surface area contributed by atoms with E-state index >= 15 is 0 Å². The quantitative estimate of drug-likeness (QED) is 0.142. The van der Waals surface area contributed by atoms with Gasteiger partial charge in [-0.3, -0.25) is 23.9 Å². The van der Waals surface area contributed by atoms with Crippen LogP contribution in [0.5, 0.6) is 17.2 Å². The Kier molecular flexibility index (Phi) is 11.6. The molecule has 3 fully saturated rings. The van der Waals surface area contributed by atoms with Crippen molar-refractivity contribution in [3.63, 3.8) is 0 Å². The average molecular weight is 842 g/mol. The first-order valence-corrected chi connectivity index (χ1v) is 21.3. The molecule has 16 heteroatoms.